The second-order valence-electron chi connectivity index (χ2n) is 7.86. The number of aliphatic hydroxyl groups excluding tert-OH is 1. The summed E-state index contributed by atoms with van der Waals surface area (Å²) < 4.78 is 34.3. The van der Waals surface area contributed by atoms with Crippen LogP contribution in [0.15, 0.2) is 54.6 Å². The molecule has 166 valence electrons. The van der Waals surface area contributed by atoms with Gasteiger partial charge >= 0.3 is 5.97 Å². The minimum absolute atomic E-state index is 0.0798. The molecule has 0 bridgehead atoms. The Morgan fingerprint density at radius 3 is 2.32 bits per heavy atom. The van der Waals surface area contributed by atoms with Crippen LogP contribution in [0, 0.1) is 0 Å². The maximum absolute atomic E-state index is 12.4. The molecule has 5 atom stereocenters. The van der Waals surface area contributed by atoms with Gasteiger partial charge in [-0.1, -0.05) is 18.2 Å². The normalized spacial score (nSPS) is 29.1. The van der Waals surface area contributed by atoms with E-state index in [4.69, 9.17) is 28.4 Å². The van der Waals surface area contributed by atoms with Gasteiger partial charge in [0.1, 0.15) is 42.5 Å². The van der Waals surface area contributed by atoms with Crippen LogP contribution in [0.4, 0.5) is 0 Å². The maximum Gasteiger partial charge on any atom is 0.338 e. The van der Waals surface area contributed by atoms with E-state index in [1.165, 1.54) is 0 Å². The number of benzene rings is 2. The van der Waals surface area contributed by atoms with Crippen LogP contribution >= 0.6 is 0 Å². The summed E-state index contributed by atoms with van der Waals surface area (Å²) in [6, 6.07) is 15.6. The zero-order chi connectivity index (χ0) is 22.0. The van der Waals surface area contributed by atoms with Crippen molar-refractivity contribution in [2.45, 2.75) is 50.3 Å². The molecule has 31 heavy (non-hydrogen) atoms. The van der Waals surface area contributed by atoms with E-state index in [1.54, 1.807) is 69.5 Å². The molecular weight excluding hydrogens is 404 g/mol. The lowest BCUT2D eigenvalue weighted by Crippen LogP contribution is -2.59. The molecule has 0 aliphatic carbocycles. The van der Waals surface area contributed by atoms with Crippen LogP contribution in [-0.4, -0.2) is 61.3 Å². The van der Waals surface area contributed by atoms with Gasteiger partial charge in [0.15, 0.2) is 5.79 Å². The predicted octanol–water partition coefficient (Wildman–Crippen LogP) is 2.54. The van der Waals surface area contributed by atoms with Gasteiger partial charge in [-0.2, -0.15) is 0 Å². The SMILES string of the molecule is COc1ccc(O[C@H]2O[C@@H](COC(=O)c3ccccc3)[C@H]3OC(C)(C)O[C@H]3[C@@H]2O)cc1. The summed E-state index contributed by atoms with van der Waals surface area (Å²) in [7, 11) is 1.57. The Balaban J connectivity index is 1.48. The molecule has 2 aromatic rings. The number of rotatable bonds is 6. The van der Waals surface area contributed by atoms with E-state index in [9.17, 15) is 9.90 Å². The quantitative estimate of drug-likeness (QED) is 0.699. The van der Waals surface area contributed by atoms with Crippen molar-refractivity contribution in [2.75, 3.05) is 13.7 Å². The fourth-order valence-electron chi connectivity index (χ4n) is 3.69. The molecule has 8 heteroatoms. The molecule has 0 aromatic heterocycles. The first-order valence-corrected chi connectivity index (χ1v) is 10.1. The van der Waals surface area contributed by atoms with Crippen LogP contribution in [0.3, 0.4) is 0 Å². The summed E-state index contributed by atoms with van der Waals surface area (Å²) in [4.78, 5) is 12.4. The van der Waals surface area contributed by atoms with Gasteiger partial charge in [-0.3, -0.25) is 0 Å². The molecular formula is C23H26O8. The van der Waals surface area contributed by atoms with Gasteiger partial charge in [0.25, 0.3) is 0 Å². The third-order valence-corrected chi connectivity index (χ3v) is 5.15. The number of ether oxygens (including phenoxy) is 6. The molecule has 0 amide bonds. The fourth-order valence-corrected chi connectivity index (χ4v) is 3.69. The average molecular weight is 430 g/mol. The molecule has 2 heterocycles. The van der Waals surface area contributed by atoms with Crippen LogP contribution in [0.1, 0.15) is 24.2 Å². The molecule has 0 saturated carbocycles. The van der Waals surface area contributed by atoms with Crippen molar-refractivity contribution in [3.05, 3.63) is 60.2 Å². The van der Waals surface area contributed by atoms with E-state index in [0.29, 0.717) is 17.1 Å². The minimum atomic E-state index is -1.10. The van der Waals surface area contributed by atoms with Crippen LogP contribution in [0.5, 0.6) is 11.5 Å². The van der Waals surface area contributed by atoms with E-state index in [1.807, 2.05) is 6.07 Å². The van der Waals surface area contributed by atoms with Crippen LogP contribution in [0.25, 0.3) is 0 Å². The zero-order valence-electron chi connectivity index (χ0n) is 17.6. The Morgan fingerprint density at radius 1 is 1.00 bits per heavy atom. The number of hydrogen-bond acceptors (Lipinski definition) is 8. The summed E-state index contributed by atoms with van der Waals surface area (Å²) in [6.45, 7) is 3.43. The highest BCUT2D eigenvalue weighted by molar-refractivity contribution is 5.89. The third kappa shape index (κ3) is 4.83. The summed E-state index contributed by atoms with van der Waals surface area (Å²) in [6.07, 6.45) is -4.15. The first-order valence-electron chi connectivity index (χ1n) is 10.1. The molecule has 0 radical (unpaired) electrons. The Kier molecular flexibility index (Phi) is 6.15. The second kappa shape index (κ2) is 8.84. The van der Waals surface area contributed by atoms with Gasteiger partial charge in [0, 0.05) is 0 Å². The Bertz CT molecular complexity index is 882. The van der Waals surface area contributed by atoms with Crippen LogP contribution < -0.4 is 9.47 Å². The van der Waals surface area contributed by atoms with E-state index in [2.05, 4.69) is 0 Å². The number of methoxy groups -OCH3 is 1. The van der Waals surface area contributed by atoms with Crippen molar-refractivity contribution in [3.63, 3.8) is 0 Å². The van der Waals surface area contributed by atoms with Crippen molar-refractivity contribution in [2.24, 2.45) is 0 Å². The van der Waals surface area contributed by atoms with Crippen molar-refractivity contribution in [3.8, 4) is 11.5 Å². The summed E-state index contributed by atoms with van der Waals surface area (Å²) in [5, 5.41) is 10.8. The van der Waals surface area contributed by atoms with Gasteiger partial charge in [0.05, 0.1) is 12.7 Å². The minimum Gasteiger partial charge on any atom is -0.497 e. The predicted molar refractivity (Wildman–Crippen MR) is 109 cm³/mol. The first kappa shape index (κ1) is 21.6. The molecule has 0 unspecified atom stereocenters. The van der Waals surface area contributed by atoms with Crippen LogP contribution in [0.2, 0.25) is 0 Å². The van der Waals surface area contributed by atoms with Crippen molar-refractivity contribution in [1.82, 2.24) is 0 Å². The standard InChI is InChI=1S/C23H26O8/c1-23(2)30-19-17(13-27-21(25)14-7-5-4-6-8-14)29-22(18(24)20(19)31-23)28-16-11-9-15(26-3)10-12-16/h4-12,17-20,22,24H,13H2,1-3H3/t17-,18-,19+,20-,22-/m0/s1. The van der Waals surface area contributed by atoms with Crippen molar-refractivity contribution in [1.29, 1.82) is 0 Å². The van der Waals surface area contributed by atoms with Crippen molar-refractivity contribution >= 4 is 5.97 Å². The lowest BCUT2D eigenvalue weighted by Gasteiger charge is -2.39. The third-order valence-electron chi connectivity index (χ3n) is 5.15. The van der Waals surface area contributed by atoms with E-state index < -0.39 is 42.5 Å². The Morgan fingerprint density at radius 2 is 1.65 bits per heavy atom. The average Bonchev–Trinajstić information content (AvgIpc) is 3.11. The van der Waals surface area contributed by atoms with Gasteiger partial charge in [-0.15, -0.1) is 0 Å². The highest BCUT2D eigenvalue weighted by Gasteiger charge is 2.56. The smallest absolute Gasteiger partial charge is 0.338 e. The highest BCUT2D eigenvalue weighted by Crippen LogP contribution is 2.38. The van der Waals surface area contributed by atoms with Crippen LogP contribution in [-0.2, 0) is 18.9 Å². The number of carbonyl (C=O) groups excluding carboxylic acids is 1. The molecule has 2 saturated heterocycles. The molecule has 1 N–H and O–H groups in total. The Labute approximate surface area is 180 Å². The monoisotopic (exact) mass is 430 g/mol. The van der Waals surface area contributed by atoms with E-state index in [-0.39, 0.29) is 6.61 Å². The summed E-state index contributed by atoms with van der Waals surface area (Å²) >= 11 is 0. The van der Waals surface area contributed by atoms with Crippen molar-refractivity contribution < 1.29 is 38.3 Å². The molecule has 8 nitrogen and oxygen atoms in total. The molecule has 2 aromatic carbocycles. The topological polar surface area (TPSA) is 92.7 Å². The molecule has 2 fully saturated rings. The van der Waals surface area contributed by atoms with E-state index >= 15 is 0 Å². The Hall–Kier alpha value is -2.65. The summed E-state index contributed by atoms with van der Waals surface area (Å²) in [5.74, 6) is -0.229. The largest absolute Gasteiger partial charge is 0.497 e. The van der Waals surface area contributed by atoms with Gasteiger partial charge in [-0.25, -0.2) is 4.79 Å². The maximum atomic E-state index is 12.4. The van der Waals surface area contributed by atoms with Gasteiger partial charge < -0.3 is 33.5 Å². The van der Waals surface area contributed by atoms with Gasteiger partial charge in [-0.05, 0) is 50.2 Å². The number of aliphatic hydroxyl groups is 1. The lowest BCUT2D eigenvalue weighted by atomic mass is 9.99. The molecule has 0 spiro atoms. The highest BCUT2D eigenvalue weighted by atomic mass is 16.8. The molecule has 4 rings (SSSR count). The molecule has 2 aliphatic heterocycles. The first-order chi connectivity index (χ1) is 14.9. The number of esters is 1. The number of carbonyl (C=O) groups is 1. The summed E-state index contributed by atoms with van der Waals surface area (Å²) in [5.41, 5.74) is 0.435. The molecule has 2 aliphatic rings. The lowest BCUT2D eigenvalue weighted by molar-refractivity contribution is -0.254. The fraction of sp³-hybridized carbons (Fsp3) is 0.435. The number of hydrogen-bond donors (Lipinski definition) is 1. The van der Waals surface area contributed by atoms with Gasteiger partial charge in [0.2, 0.25) is 6.29 Å². The zero-order valence-corrected chi connectivity index (χ0v) is 17.6. The van der Waals surface area contributed by atoms with E-state index in [0.717, 1.165) is 0 Å². The second-order valence-corrected chi connectivity index (χ2v) is 7.86. The number of fused-ring (bicyclic) bond motifs is 1.